The molecule has 0 bridgehead atoms. The van der Waals surface area contributed by atoms with Crippen LogP contribution in [0.3, 0.4) is 0 Å². The minimum atomic E-state index is -4.17. The molecule has 1 atom stereocenters. The molecule has 1 aliphatic heterocycles. The summed E-state index contributed by atoms with van der Waals surface area (Å²) in [5.74, 6) is 0. The van der Waals surface area contributed by atoms with Crippen LogP contribution in [0.2, 0.25) is 0 Å². The highest BCUT2D eigenvalue weighted by atomic mass is 32.2. The van der Waals surface area contributed by atoms with Crippen LogP contribution in [0.25, 0.3) is 0 Å². The number of thioether (sulfide) groups is 1. The van der Waals surface area contributed by atoms with E-state index in [9.17, 15) is 13.2 Å². The highest BCUT2D eigenvalue weighted by molar-refractivity contribution is 8.03. The van der Waals surface area contributed by atoms with Gasteiger partial charge in [-0.25, -0.2) is 0 Å². The second-order valence-corrected chi connectivity index (χ2v) is 2.73. The van der Waals surface area contributed by atoms with Gasteiger partial charge < -0.3 is 0 Å². The first kappa shape index (κ1) is 7.65. The van der Waals surface area contributed by atoms with E-state index in [1.807, 2.05) is 0 Å². The normalized spacial score (nSPS) is 25.3. The first-order valence-corrected chi connectivity index (χ1v) is 3.45. The zero-order chi connectivity index (χ0) is 7.61. The maximum Gasteiger partial charge on any atom is 0.405 e. The Morgan fingerprint density at radius 3 is 2.40 bits per heavy atom. The van der Waals surface area contributed by atoms with Crippen molar-refractivity contribution in [3.8, 4) is 0 Å². The number of nitrogens with zero attached hydrogens (tertiary/aromatic N) is 1. The van der Waals surface area contributed by atoms with Gasteiger partial charge in [-0.3, -0.25) is 4.99 Å². The highest BCUT2D eigenvalue weighted by Crippen LogP contribution is 2.31. The Kier molecular flexibility index (Phi) is 2.03. The van der Waals surface area contributed by atoms with E-state index in [2.05, 4.69) is 4.99 Å². The molecule has 0 aromatic rings. The van der Waals surface area contributed by atoms with Crippen LogP contribution in [0.1, 0.15) is 0 Å². The van der Waals surface area contributed by atoms with E-state index in [0.29, 0.717) is 11.8 Å². The van der Waals surface area contributed by atoms with Crippen molar-refractivity contribution in [1.29, 1.82) is 0 Å². The lowest BCUT2D eigenvalue weighted by Crippen LogP contribution is -2.27. The van der Waals surface area contributed by atoms with Crippen molar-refractivity contribution in [3.63, 3.8) is 0 Å². The number of aliphatic imine (C=N–C) groups is 1. The fourth-order valence-electron chi connectivity index (χ4n) is 0.480. The molecule has 0 radical (unpaired) electrons. The summed E-state index contributed by atoms with van der Waals surface area (Å²) in [6, 6.07) is 0. The van der Waals surface area contributed by atoms with E-state index in [1.165, 1.54) is 11.6 Å². The molecule has 56 valence electrons. The van der Waals surface area contributed by atoms with Gasteiger partial charge in [0.2, 0.25) is 0 Å². The van der Waals surface area contributed by atoms with E-state index < -0.39 is 11.4 Å². The van der Waals surface area contributed by atoms with Crippen molar-refractivity contribution in [2.75, 3.05) is 0 Å². The first-order chi connectivity index (χ1) is 4.61. The largest absolute Gasteiger partial charge is 0.405 e. The average molecular weight is 167 g/mol. The quantitative estimate of drug-likeness (QED) is 0.538. The third-order valence-electron chi connectivity index (χ3n) is 0.916. The molecule has 0 aliphatic carbocycles. The van der Waals surface area contributed by atoms with Crippen LogP contribution < -0.4 is 0 Å². The van der Waals surface area contributed by atoms with Crippen LogP contribution in [0, 0.1) is 0 Å². The lowest BCUT2D eigenvalue weighted by molar-refractivity contribution is -0.115. The van der Waals surface area contributed by atoms with E-state index in [1.54, 1.807) is 0 Å². The Balaban J connectivity index is 2.60. The molecular formula is C5H4F3NS. The predicted octanol–water partition coefficient (Wildman–Crippen LogP) is 2.21. The standard InChI is InChI=1S/C5H4F3NS/c6-5(7,8)4-3-9-1-2-10-4/h1-4H. The number of halogens is 3. The molecule has 1 unspecified atom stereocenters. The van der Waals surface area contributed by atoms with Crippen LogP contribution in [-0.4, -0.2) is 17.6 Å². The van der Waals surface area contributed by atoms with Gasteiger partial charge in [0.1, 0.15) is 5.25 Å². The molecule has 1 nitrogen and oxygen atoms in total. The maximum absolute atomic E-state index is 11.8. The predicted molar refractivity (Wildman–Crippen MR) is 35.1 cm³/mol. The molecule has 0 saturated heterocycles. The Bertz CT molecular complexity index is 172. The van der Waals surface area contributed by atoms with Crippen molar-refractivity contribution in [2.45, 2.75) is 11.4 Å². The molecule has 0 spiro atoms. The second kappa shape index (κ2) is 2.65. The van der Waals surface area contributed by atoms with Crippen LogP contribution in [-0.2, 0) is 0 Å². The Hall–Kier alpha value is -0.450. The van der Waals surface area contributed by atoms with E-state index in [0.717, 1.165) is 6.21 Å². The summed E-state index contributed by atoms with van der Waals surface area (Å²) >= 11 is 0.715. The summed E-state index contributed by atoms with van der Waals surface area (Å²) in [6.07, 6.45) is -1.93. The minimum absolute atomic E-state index is 0.715. The van der Waals surface area contributed by atoms with Crippen molar-refractivity contribution in [1.82, 2.24) is 0 Å². The van der Waals surface area contributed by atoms with Gasteiger partial charge in [0.25, 0.3) is 0 Å². The van der Waals surface area contributed by atoms with Crippen LogP contribution in [0.5, 0.6) is 0 Å². The Morgan fingerprint density at radius 2 is 2.10 bits per heavy atom. The third-order valence-corrected chi connectivity index (χ3v) is 1.88. The topological polar surface area (TPSA) is 12.4 Å². The van der Waals surface area contributed by atoms with Gasteiger partial charge in [0.05, 0.1) is 0 Å². The van der Waals surface area contributed by atoms with Gasteiger partial charge in [-0.1, -0.05) is 0 Å². The minimum Gasteiger partial charge on any atom is -0.267 e. The summed E-state index contributed by atoms with van der Waals surface area (Å²) in [5.41, 5.74) is 0. The van der Waals surface area contributed by atoms with Gasteiger partial charge in [0, 0.05) is 12.4 Å². The fourth-order valence-corrected chi connectivity index (χ4v) is 1.08. The average Bonchev–Trinajstić information content (AvgIpc) is 1.88. The molecule has 0 N–H and O–H groups in total. The molecular weight excluding hydrogens is 163 g/mol. The zero-order valence-electron chi connectivity index (χ0n) is 4.80. The van der Waals surface area contributed by atoms with Crippen molar-refractivity contribution >= 4 is 18.0 Å². The van der Waals surface area contributed by atoms with Crippen molar-refractivity contribution < 1.29 is 13.2 Å². The number of rotatable bonds is 0. The molecule has 1 rings (SSSR count). The van der Waals surface area contributed by atoms with Gasteiger partial charge in [-0.15, -0.1) is 11.8 Å². The molecule has 0 amide bonds. The number of hydrogen-bond acceptors (Lipinski definition) is 2. The summed E-state index contributed by atoms with van der Waals surface area (Å²) < 4.78 is 35.4. The molecule has 1 aliphatic rings. The van der Waals surface area contributed by atoms with E-state index >= 15 is 0 Å². The van der Waals surface area contributed by atoms with Crippen molar-refractivity contribution in [3.05, 3.63) is 11.6 Å². The highest BCUT2D eigenvalue weighted by Gasteiger charge is 2.38. The van der Waals surface area contributed by atoms with Crippen LogP contribution >= 0.6 is 11.8 Å². The molecule has 0 saturated carbocycles. The van der Waals surface area contributed by atoms with E-state index in [-0.39, 0.29) is 0 Å². The molecule has 10 heavy (non-hydrogen) atoms. The van der Waals surface area contributed by atoms with Crippen molar-refractivity contribution in [2.24, 2.45) is 4.99 Å². The number of alkyl halides is 3. The smallest absolute Gasteiger partial charge is 0.267 e. The van der Waals surface area contributed by atoms with Gasteiger partial charge in [0.15, 0.2) is 0 Å². The summed E-state index contributed by atoms with van der Waals surface area (Å²) in [6.45, 7) is 0. The Labute approximate surface area is 60.0 Å². The fraction of sp³-hybridized carbons (Fsp3) is 0.400. The third kappa shape index (κ3) is 1.76. The SMILES string of the molecule is FC(F)(F)C1C=NC=CS1. The molecule has 0 fully saturated rings. The maximum atomic E-state index is 11.8. The summed E-state index contributed by atoms with van der Waals surface area (Å²) in [5, 5.41) is -0.129. The Morgan fingerprint density at radius 1 is 1.40 bits per heavy atom. The molecule has 5 heteroatoms. The molecule has 1 heterocycles. The van der Waals surface area contributed by atoms with Gasteiger partial charge >= 0.3 is 6.18 Å². The molecule has 0 aromatic carbocycles. The van der Waals surface area contributed by atoms with E-state index in [4.69, 9.17) is 0 Å². The first-order valence-electron chi connectivity index (χ1n) is 2.51. The van der Waals surface area contributed by atoms with Crippen LogP contribution in [0.15, 0.2) is 16.6 Å². The van der Waals surface area contributed by atoms with Gasteiger partial charge in [-0.05, 0) is 5.41 Å². The summed E-state index contributed by atoms with van der Waals surface area (Å²) in [4.78, 5) is 3.38. The monoisotopic (exact) mass is 167 g/mol. The second-order valence-electron chi connectivity index (χ2n) is 1.68. The number of hydrogen-bond donors (Lipinski definition) is 0. The van der Waals surface area contributed by atoms with Gasteiger partial charge in [-0.2, -0.15) is 13.2 Å². The summed E-state index contributed by atoms with van der Waals surface area (Å²) in [7, 11) is 0. The lowest BCUT2D eigenvalue weighted by Gasteiger charge is -2.14. The lowest BCUT2D eigenvalue weighted by atomic mass is 10.4. The van der Waals surface area contributed by atoms with Crippen LogP contribution in [0.4, 0.5) is 13.2 Å². The zero-order valence-corrected chi connectivity index (χ0v) is 5.62. The molecule has 0 aromatic heterocycles.